The van der Waals surface area contributed by atoms with E-state index in [-0.39, 0.29) is 22.4 Å². The fourth-order valence-corrected chi connectivity index (χ4v) is 5.60. The summed E-state index contributed by atoms with van der Waals surface area (Å²) in [7, 11) is 0. The molecule has 1 fully saturated rings. The van der Waals surface area contributed by atoms with Crippen LogP contribution in [0.4, 0.5) is 0 Å². The van der Waals surface area contributed by atoms with Gasteiger partial charge in [0.05, 0.1) is 16.1 Å². The zero-order chi connectivity index (χ0) is 21.9. The molecule has 0 aliphatic heterocycles. The van der Waals surface area contributed by atoms with Crippen molar-refractivity contribution in [2.24, 2.45) is 17.3 Å². The van der Waals surface area contributed by atoms with Crippen LogP contribution < -0.4 is 4.74 Å². The van der Waals surface area contributed by atoms with Crippen molar-refractivity contribution in [2.75, 3.05) is 5.33 Å². The van der Waals surface area contributed by atoms with Gasteiger partial charge in [0.25, 0.3) is 0 Å². The topological polar surface area (TPSA) is 76.4 Å². The largest absolute Gasteiger partial charge is 0.457 e. The molecule has 2 aromatic rings. The summed E-state index contributed by atoms with van der Waals surface area (Å²) in [4.78, 5) is 24.4. The van der Waals surface area contributed by atoms with Crippen LogP contribution in [-0.2, 0) is 14.3 Å². The van der Waals surface area contributed by atoms with Crippen LogP contribution in [-0.4, -0.2) is 21.9 Å². The SMILES string of the molecule is CC1(C)C(C(=O)OC(C#N)c2cccc(Oc3ccccc3)c2)C1C(Br)C(=O)CBr. The molecular weight excluding hydrogens is 514 g/mol. The van der Waals surface area contributed by atoms with Crippen molar-refractivity contribution in [3.05, 3.63) is 60.2 Å². The van der Waals surface area contributed by atoms with E-state index in [1.54, 1.807) is 24.3 Å². The highest BCUT2D eigenvalue weighted by Crippen LogP contribution is 2.62. The van der Waals surface area contributed by atoms with Gasteiger partial charge < -0.3 is 9.47 Å². The van der Waals surface area contributed by atoms with E-state index < -0.39 is 22.8 Å². The fourth-order valence-electron chi connectivity index (χ4n) is 3.67. The molecule has 0 spiro atoms. The lowest BCUT2D eigenvalue weighted by Gasteiger charge is -2.14. The maximum Gasteiger partial charge on any atom is 0.311 e. The molecule has 156 valence electrons. The first-order valence-corrected chi connectivity index (χ1v) is 11.5. The molecular formula is C23H21Br2NO4. The molecule has 0 bridgehead atoms. The minimum atomic E-state index is -1.06. The summed E-state index contributed by atoms with van der Waals surface area (Å²) in [5, 5.41) is 9.82. The number of nitrogens with zero attached hydrogens (tertiary/aromatic N) is 1. The van der Waals surface area contributed by atoms with E-state index in [0.717, 1.165) is 0 Å². The number of ketones is 1. The van der Waals surface area contributed by atoms with Crippen LogP contribution in [0.1, 0.15) is 25.5 Å². The second-order valence-electron chi connectivity index (χ2n) is 7.76. The average molecular weight is 535 g/mol. The summed E-state index contributed by atoms with van der Waals surface area (Å²) in [6, 6.07) is 18.2. The lowest BCUT2D eigenvalue weighted by molar-refractivity contribution is -0.149. The highest BCUT2D eigenvalue weighted by Gasteiger charge is 2.66. The van der Waals surface area contributed by atoms with Crippen LogP contribution in [0.25, 0.3) is 0 Å². The Balaban J connectivity index is 1.71. The Hall–Kier alpha value is -2.17. The molecule has 4 atom stereocenters. The second-order valence-corrected chi connectivity index (χ2v) is 9.31. The van der Waals surface area contributed by atoms with Crippen LogP contribution in [0.2, 0.25) is 0 Å². The first kappa shape index (κ1) is 22.5. The number of Topliss-reactive ketones (excluding diaryl/α,β-unsaturated/α-hetero) is 1. The molecule has 3 rings (SSSR count). The number of hydrogen-bond donors (Lipinski definition) is 0. The van der Waals surface area contributed by atoms with Crippen molar-refractivity contribution in [1.29, 1.82) is 5.26 Å². The highest BCUT2D eigenvalue weighted by atomic mass is 79.9. The summed E-state index contributed by atoms with van der Waals surface area (Å²) >= 11 is 6.58. The number of rotatable bonds is 8. The quantitative estimate of drug-likeness (QED) is 0.326. The van der Waals surface area contributed by atoms with Gasteiger partial charge >= 0.3 is 5.97 Å². The number of esters is 1. The number of halogens is 2. The Labute approximate surface area is 192 Å². The molecule has 30 heavy (non-hydrogen) atoms. The van der Waals surface area contributed by atoms with Crippen LogP contribution >= 0.6 is 31.9 Å². The predicted octanol–water partition coefficient (Wildman–Crippen LogP) is 5.59. The molecule has 0 aromatic heterocycles. The minimum absolute atomic E-state index is 0.0222. The molecule has 0 amide bonds. The normalized spacial score (nSPS) is 21.0. The third-order valence-electron chi connectivity index (χ3n) is 5.41. The number of hydrogen-bond acceptors (Lipinski definition) is 5. The van der Waals surface area contributed by atoms with Gasteiger partial charge in [-0.05, 0) is 35.6 Å². The van der Waals surface area contributed by atoms with Gasteiger partial charge in [-0.25, -0.2) is 0 Å². The number of para-hydroxylation sites is 1. The van der Waals surface area contributed by atoms with Gasteiger partial charge in [0.15, 0.2) is 5.78 Å². The molecule has 4 unspecified atom stereocenters. The number of nitriles is 1. The highest BCUT2D eigenvalue weighted by molar-refractivity contribution is 9.10. The number of carbonyl (C=O) groups is 2. The number of benzene rings is 2. The first-order valence-electron chi connectivity index (χ1n) is 9.45. The van der Waals surface area contributed by atoms with Crippen LogP contribution in [0.5, 0.6) is 11.5 Å². The Kier molecular flexibility index (Phi) is 6.99. The molecule has 5 nitrogen and oxygen atoms in total. The van der Waals surface area contributed by atoms with Gasteiger partial charge in [-0.15, -0.1) is 0 Å². The maximum absolute atomic E-state index is 12.8. The summed E-state index contributed by atoms with van der Waals surface area (Å²) in [5.74, 6) is 0.0842. The van der Waals surface area contributed by atoms with Crippen molar-refractivity contribution < 1.29 is 19.1 Å². The van der Waals surface area contributed by atoms with E-state index in [2.05, 4.69) is 31.9 Å². The lowest BCUT2D eigenvalue weighted by atomic mass is 10.1. The second kappa shape index (κ2) is 9.32. The van der Waals surface area contributed by atoms with E-state index in [9.17, 15) is 14.9 Å². The van der Waals surface area contributed by atoms with Crippen molar-refractivity contribution in [3.8, 4) is 17.6 Å². The van der Waals surface area contributed by atoms with Gasteiger partial charge in [0, 0.05) is 5.56 Å². The Bertz CT molecular complexity index is 971. The van der Waals surface area contributed by atoms with Gasteiger partial charge in [0.2, 0.25) is 6.10 Å². The van der Waals surface area contributed by atoms with E-state index in [1.165, 1.54) is 0 Å². The summed E-state index contributed by atoms with van der Waals surface area (Å²) in [5.41, 5.74) is 0.141. The number of alkyl halides is 2. The van der Waals surface area contributed by atoms with Crippen molar-refractivity contribution in [3.63, 3.8) is 0 Å². The molecule has 0 radical (unpaired) electrons. The van der Waals surface area contributed by atoms with Crippen LogP contribution in [0, 0.1) is 28.6 Å². The molecule has 1 aliphatic rings. The van der Waals surface area contributed by atoms with E-state index >= 15 is 0 Å². The van der Waals surface area contributed by atoms with E-state index in [4.69, 9.17) is 9.47 Å². The van der Waals surface area contributed by atoms with Gasteiger partial charge in [-0.3, -0.25) is 9.59 Å². The summed E-state index contributed by atoms with van der Waals surface area (Å²) in [6.07, 6.45) is -1.06. The monoisotopic (exact) mass is 533 g/mol. The summed E-state index contributed by atoms with van der Waals surface area (Å²) < 4.78 is 11.3. The zero-order valence-electron chi connectivity index (χ0n) is 16.5. The van der Waals surface area contributed by atoms with Crippen molar-refractivity contribution >= 4 is 43.6 Å². The first-order chi connectivity index (χ1) is 14.3. The molecule has 0 N–H and O–H groups in total. The van der Waals surface area contributed by atoms with Crippen LogP contribution in [0.3, 0.4) is 0 Å². The Morgan fingerprint density at radius 2 is 1.80 bits per heavy atom. The smallest absolute Gasteiger partial charge is 0.311 e. The predicted molar refractivity (Wildman–Crippen MR) is 120 cm³/mol. The lowest BCUT2D eigenvalue weighted by Crippen LogP contribution is -2.21. The van der Waals surface area contributed by atoms with Crippen molar-refractivity contribution in [1.82, 2.24) is 0 Å². The molecule has 1 aliphatic carbocycles. The van der Waals surface area contributed by atoms with Crippen LogP contribution in [0.15, 0.2) is 54.6 Å². The molecule has 0 heterocycles. The Morgan fingerprint density at radius 1 is 1.13 bits per heavy atom. The van der Waals surface area contributed by atoms with E-state index in [1.807, 2.05) is 50.2 Å². The molecule has 0 saturated heterocycles. The summed E-state index contributed by atoms with van der Waals surface area (Å²) in [6.45, 7) is 3.85. The molecule has 7 heteroatoms. The number of carbonyl (C=O) groups excluding carboxylic acids is 2. The third kappa shape index (κ3) is 4.76. The van der Waals surface area contributed by atoms with Gasteiger partial charge in [-0.1, -0.05) is 76.0 Å². The minimum Gasteiger partial charge on any atom is -0.457 e. The maximum atomic E-state index is 12.8. The number of ether oxygens (including phenoxy) is 2. The standard InChI is InChI=1S/C23H21Br2NO4/c1-23(2)19(21(25)17(27)12-24)20(23)22(28)30-18(13-26)14-7-6-10-16(11-14)29-15-8-4-3-5-9-15/h3-11,18-21H,12H2,1-2H3. The van der Waals surface area contributed by atoms with Gasteiger partial charge in [0.1, 0.15) is 17.6 Å². The Morgan fingerprint density at radius 3 is 2.43 bits per heavy atom. The van der Waals surface area contributed by atoms with Crippen molar-refractivity contribution in [2.45, 2.75) is 24.8 Å². The fraction of sp³-hybridized carbons (Fsp3) is 0.348. The molecule has 2 aromatic carbocycles. The molecule has 1 saturated carbocycles. The third-order valence-corrected chi connectivity index (χ3v) is 7.04. The average Bonchev–Trinajstić information content (AvgIpc) is 3.33. The van der Waals surface area contributed by atoms with E-state index in [0.29, 0.717) is 17.1 Å². The van der Waals surface area contributed by atoms with Gasteiger partial charge in [-0.2, -0.15) is 5.26 Å². The zero-order valence-corrected chi connectivity index (χ0v) is 19.7.